The highest BCUT2D eigenvalue weighted by Crippen LogP contribution is 2.62. The van der Waals surface area contributed by atoms with Gasteiger partial charge >= 0.3 is 0 Å². The monoisotopic (exact) mass is 632 g/mol. The summed E-state index contributed by atoms with van der Waals surface area (Å²) in [7, 11) is 0. The minimum Gasteiger partial charge on any atom is -0.0767 e. The molecule has 232 valence electrons. The van der Waals surface area contributed by atoms with Crippen LogP contribution in [0, 0.1) is 25.7 Å². The van der Waals surface area contributed by atoms with Crippen molar-refractivity contribution < 1.29 is 0 Å². The molecule has 0 saturated carbocycles. The van der Waals surface area contributed by atoms with Crippen LogP contribution in [0.25, 0.3) is 98.7 Å². The molecular formula is C50H32. The lowest BCUT2D eigenvalue weighted by Crippen LogP contribution is -2.13. The molecule has 0 heterocycles. The van der Waals surface area contributed by atoms with Gasteiger partial charge in [-0.3, -0.25) is 0 Å². The Bertz CT molecular complexity index is 2990. The summed E-state index contributed by atoms with van der Waals surface area (Å²) < 4.78 is 0. The van der Waals surface area contributed by atoms with E-state index in [2.05, 4.69) is 159 Å². The zero-order chi connectivity index (χ0) is 32.8. The van der Waals surface area contributed by atoms with Crippen molar-refractivity contribution in [1.82, 2.24) is 0 Å². The quantitative estimate of drug-likeness (QED) is 0.166. The molecule has 8 aromatic carbocycles. The van der Waals surface area contributed by atoms with E-state index in [0.717, 1.165) is 0 Å². The highest BCUT2D eigenvalue weighted by molar-refractivity contribution is 6.36. The highest BCUT2D eigenvalue weighted by atomic mass is 14.4. The fourth-order valence-corrected chi connectivity index (χ4v) is 10.2. The molecule has 2 atom stereocenters. The van der Waals surface area contributed by atoms with Crippen LogP contribution in [0.5, 0.6) is 0 Å². The molecule has 0 spiro atoms. The van der Waals surface area contributed by atoms with E-state index >= 15 is 0 Å². The van der Waals surface area contributed by atoms with Gasteiger partial charge < -0.3 is 0 Å². The molecule has 0 radical (unpaired) electrons. The van der Waals surface area contributed by atoms with Gasteiger partial charge in [-0.05, 0) is 153 Å². The summed E-state index contributed by atoms with van der Waals surface area (Å²) >= 11 is 0. The average Bonchev–Trinajstić information content (AvgIpc) is 3.64. The minimum absolute atomic E-state index is 0.388. The smallest absolute Gasteiger partial charge is 0.0199 e. The molecule has 2 unspecified atom stereocenters. The summed E-state index contributed by atoms with van der Waals surface area (Å²) in [6, 6.07) is 41.9. The maximum Gasteiger partial charge on any atom is 0.0199 e. The first-order valence-corrected chi connectivity index (χ1v) is 17.9. The number of rotatable bonds is 2. The number of fused-ring (bicyclic) bond motifs is 7. The molecule has 0 fully saturated rings. The van der Waals surface area contributed by atoms with E-state index in [0.29, 0.717) is 11.8 Å². The van der Waals surface area contributed by atoms with Gasteiger partial charge in [0.25, 0.3) is 0 Å². The van der Waals surface area contributed by atoms with Crippen LogP contribution in [0.3, 0.4) is 0 Å². The number of allylic oxidation sites excluding steroid dienone is 8. The lowest BCUT2D eigenvalue weighted by molar-refractivity contribution is 0.707. The first kappa shape index (κ1) is 26.9. The van der Waals surface area contributed by atoms with Crippen molar-refractivity contribution in [2.24, 2.45) is 11.8 Å². The van der Waals surface area contributed by atoms with Crippen LogP contribution in [-0.4, -0.2) is 0 Å². The van der Waals surface area contributed by atoms with Gasteiger partial charge in [0.15, 0.2) is 0 Å². The molecular weight excluding hydrogens is 601 g/mol. The summed E-state index contributed by atoms with van der Waals surface area (Å²) in [5.74, 6) is 0.797. The standard InChI is InChI=1S/C50H32/c1-27-10-3-5-16-33(27)46-40-25-38-35-18-8-13-29-14-9-19-36(44(29)35)39(38)26-41(40)47(34-17-6-4-11-28(34)2)50-42-24-32-15-7-12-30-20-21-31-22-23-37(49(46)50)48(42)45(31)43(30)32/h3-26,29,44H,1-2H3. The molecule has 8 aromatic rings. The van der Waals surface area contributed by atoms with Crippen molar-refractivity contribution in [1.29, 1.82) is 0 Å². The Morgan fingerprint density at radius 3 is 1.60 bits per heavy atom. The third-order valence-electron chi connectivity index (χ3n) is 12.3. The molecule has 0 saturated heterocycles. The second kappa shape index (κ2) is 9.37. The predicted molar refractivity (Wildman–Crippen MR) is 214 cm³/mol. The van der Waals surface area contributed by atoms with E-state index in [1.54, 1.807) is 0 Å². The predicted octanol–water partition coefficient (Wildman–Crippen LogP) is 13.5. The molecule has 0 N–H and O–H groups in total. The summed E-state index contributed by atoms with van der Waals surface area (Å²) in [5.41, 5.74) is 19.2. The van der Waals surface area contributed by atoms with Crippen LogP contribution < -0.4 is 0 Å². The van der Waals surface area contributed by atoms with E-state index in [1.807, 2.05) is 0 Å². The van der Waals surface area contributed by atoms with Gasteiger partial charge in [0.1, 0.15) is 0 Å². The van der Waals surface area contributed by atoms with Gasteiger partial charge in [0, 0.05) is 11.8 Å². The van der Waals surface area contributed by atoms with E-state index in [4.69, 9.17) is 0 Å². The fourth-order valence-electron chi connectivity index (χ4n) is 10.2. The van der Waals surface area contributed by atoms with Crippen molar-refractivity contribution in [3.05, 3.63) is 168 Å². The van der Waals surface area contributed by atoms with Crippen molar-refractivity contribution in [3.63, 3.8) is 0 Å². The second-order valence-corrected chi connectivity index (χ2v) is 14.8. The Hall–Kier alpha value is -5.98. The van der Waals surface area contributed by atoms with Crippen molar-refractivity contribution >= 4 is 54.2 Å². The summed E-state index contributed by atoms with van der Waals surface area (Å²) in [5, 5.41) is 10.8. The summed E-state index contributed by atoms with van der Waals surface area (Å²) in [4.78, 5) is 0. The van der Waals surface area contributed by atoms with E-state index < -0.39 is 0 Å². The third-order valence-corrected chi connectivity index (χ3v) is 12.3. The zero-order valence-corrected chi connectivity index (χ0v) is 28.0. The minimum atomic E-state index is 0.388. The lowest BCUT2D eigenvalue weighted by Gasteiger charge is -2.25. The average molecular weight is 633 g/mol. The fraction of sp³-hybridized carbons (Fsp3) is 0.0800. The van der Waals surface area contributed by atoms with Crippen LogP contribution in [0.2, 0.25) is 0 Å². The molecule has 0 aliphatic heterocycles. The van der Waals surface area contributed by atoms with E-state index in [9.17, 15) is 0 Å². The Labute approximate surface area is 291 Å². The van der Waals surface area contributed by atoms with Gasteiger partial charge in [-0.15, -0.1) is 0 Å². The second-order valence-electron chi connectivity index (χ2n) is 14.8. The zero-order valence-electron chi connectivity index (χ0n) is 28.0. The van der Waals surface area contributed by atoms with Crippen LogP contribution in [0.4, 0.5) is 0 Å². The topological polar surface area (TPSA) is 0 Å². The lowest BCUT2D eigenvalue weighted by atomic mass is 9.78. The van der Waals surface area contributed by atoms with Crippen molar-refractivity contribution in [3.8, 4) is 44.5 Å². The first-order chi connectivity index (χ1) is 24.7. The van der Waals surface area contributed by atoms with Gasteiger partial charge in [0.05, 0.1) is 0 Å². The molecule has 0 amide bonds. The molecule has 4 aliphatic carbocycles. The molecule has 0 nitrogen and oxygen atoms in total. The largest absolute Gasteiger partial charge is 0.0767 e. The number of hydrogen-bond donors (Lipinski definition) is 0. The van der Waals surface area contributed by atoms with Gasteiger partial charge in [-0.1, -0.05) is 127 Å². The highest BCUT2D eigenvalue weighted by Gasteiger charge is 2.39. The van der Waals surface area contributed by atoms with Crippen LogP contribution in [0.15, 0.2) is 146 Å². The van der Waals surface area contributed by atoms with E-state index in [1.165, 1.54) is 121 Å². The third kappa shape index (κ3) is 3.23. The Kier molecular flexibility index (Phi) is 5.05. The van der Waals surface area contributed by atoms with E-state index in [-0.39, 0.29) is 0 Å². The summed E-state index contributed by atoms with van der Waals surface area (Å²) in [6.45, 7) is 4.57. The number of aryl methyl sites for hydroxylation is 2. The van der Waals surface area contributed by atoms with Gasteiger partial charge in [0.2, 0.25) is 0 Å². The number of hydrogen-bond acceptors (Lipinski definition) is 0. The molecule has 0 aromatic heterocycles. The Balaban J connectivity index is 1.35. The molecule has 12 rings (SSSR count). The van der Waals surface area contributed by atoms with Crippen LogP contribution in [-0.2, 0) is 0 Å². The molecule has 4 aliphatic rings. The molecule has 0 bridgehead atoms. The Morgan fingerprint density at radius 2 is 0.960 bits per heavy atom. The number of benzene rings is 8. The SMILES string of the molecule is Cc1ccccc1-c1c2c(c(-c3ccccc3C)c3cc4c(cc13)C1=CC=CC3C=CC=C4C13)-c1cc3cccc4ccc5ccc-2c1c5c43. The maximum atomic E-state index is 2.58. The maximum absolute atomic E-state index is 2.58. The van der Waals surface area contributed by atoms with Gasteiger partial charge in [-0.25, -0.2) is 0 Å². The van der Waals surface area contributed by atoms with Crippen molar-refractivity contribution in [2.45, 2.75) is 13.8 Å². The van der Waals surface area contributed by atoms with Gasteiger partial charge in [-0.2, -0.15) is 0 Å². The molecule has 0 heteroatoms. The normalized spacial score (nSPS) is 17.9. The van der Waals surface area contributed by atoms with Crippen LogP contribution in [0.1, 0.15) is 22.3 Å². The first-order valence-electron chi connectivity index (χ1n) is 17.9. The van der Waals surface area contributed by atoms with Crippen molar-refractivity contribution in [2.75, 3.05) is 0 Å². The van der Waals surface area contributed by atoms with Crippen LogP contribution >= 0.6 is 0 Å². The summed E-state index contributed by atoms with van der Waals surface area (Å²) in [6.07, 6.45) is 14.1. The molecule has 50 heavy (non-hydrogen) atoms. The Morgan fingerprint density at radius 1 is 0.400 bits per heavy atom.